The maximum absolute atomic E-state index is 13.9. The fraction of sp³-hybridized carbons (Fsp3) is 0.381. The summed E-state index contributed by atoms with van der Waals surface area (Å²) >= 11 is 6.37. The lowest BCUT2D eigenvalue weighted by atomic mass is 10.1. The standard InChI is InChI=1S/C21H20ClF3N4O3/c1-31-15-6-5-12(9-16(15)32-2)13-10-17(21(23,24)25)29-20(26-13)19(22)14(27-29)11-18(30)28-7-3-4-8-28/h5-6,9-10H,3-4,7-8,11H2,1-2H3. The molecule has 0 bridgehead atoms. The summed E-state index contributed by atoms with van der Waals surface area (Å²) in [4.78, 5) is 18.5. The first-order chi connectivity index (χ1) is 15.2. The van der Waals surface area contributed by atoms with Crippen LogP contribution < -0.4 is 9.47 Å². The topological polar surface area (TPSA) is 69.0 Å². The summed E-state index contributed by atoms with van der Waals surface area (Å²) in [5, 5.41) is 3.92. The van der Waals surface area contributed by atoms with Crippen LogP contribution in [0.4, 0.5) is 13.2 Å². The summed E-state index contributed by atoms with van der Waals surface area (Å²) in [5.41, 5.74) is -0.747. The van der Waals surface area contributed by atoms with E-state index in [0.29, 0.717) is 34.7 Å². The van der Waals surface area contributed by atoms with Crippen molar-refractivity contribution >= 4 is 23.2 Å². The minimum absolute atomic E-state index is 0.0324. The zero-order valence-electron chi connectivity index (χ0n) is 17.4. The number of aromatic nitrogens is 3. The van der Waals surface area contributed by atoms with E-state index in [1.807, 2.05) is 0 Å². The van der Waals surface area contributed by atoms with Crippen LogP contribution in [0.3, 0.4) is 0 Å². The van der Waals surface area contributed by atoms with Gasteiger partial charge in [-0.3, -0.25) is 4.79 Å². The highest BCUT2D eigenvalue weighted by Crippen LogP contribution is 2.37. The summed E-state index contributed by atoms with van der Waals surface area (Å²) in [6, 6.07) is 5.57. The number of carbonyl (C=O) groups is 1. The molecule has 0 atom stereocenters. The molecule has 0 radical (unpaired) electrons. The quantitative estimate of drug-likeness (QED) is 0.560. The monoisotopic (exact) mass is 468 g/mol. The van der Waals surface area contributed by atoms with E-state index >= 15 is 0 Å². The van der Waals surface area contributed by atoms with Gasteiger partial charge in [-0.2, -0.15) is 18.3 Å². The first-order valence-corrected chi connectivity index (χ1v) is 10.3. The molecule has 0 spiro atoms. The van der Waals surface area contributed by atoms with Gasteiger partial charge in [0.25, 0.3) is 0 Å². The highest BCUT2D eigenvalue weighted by molar-refractivity contribution is 6.34. The molecule has 170 valence electrons. The maximum Gasteiger partial charge on any atom is 0.433 e. The average Bonchev–Trinajstić information content (AvgIpc) is 3.41. The van der Waals surface area contributed by atoms with Crippen LogP contribution in [0, 0.1) is 0 Å². The van der Waals surface area contributed by atoms with Gasteiger partial charge in [0.2, 0.25) is 5.91 Å². The first-order valence-electron chi connectivity index (χ1n) is 9.88. The number of halogens is 4. The van der Waals surface area contributed by atoms with E-state index < -0.39 is 11.9 Å². The number of methoxy groups -OCH3 is 2. The molecule has 3 heterocycles. The van der Waals surface area contributed by atoms with E-state index in [2.05, 4.69) is 10.1 Å². The highest BCUT2D eigenvalue weighted by atomic mass is 35.5. The Hall–Kier alpha value is -3.01. The van der Waals surface area contributed by atoms with E-state index in [1.54, 1.807) is 17.0 Å². The summed E-state index contributed by atoms with van der Waals surface area (Å²) in [6.07, 6.45) is -3.11. The molecule has 11 heteroatoms. The van der Waals surface area contributed by atoms with Gasteiger partial charge < -0.3 is 14.4 Å². The molecule has 0 unspecified atom stereocenters. The molecule has 0 N–H and O–H groups in total. The van der Waals surface area contributed by atoms with Crippen molar-refractivity contribution < 1.29 is 27.4 Å². The number of likely N-dealkylation sites (tertiary alicyclic amines) is 1. The van der Waals surface area contributed by atoms with E-state index in [4.69, 9.17) is 21.1 Å². The number of rotatable bonds is 5. The lowest BCUT2D eigenvalue weighted by molar-refractivity contribution is -0.142. The molecule has 0 aliphatic carbocycles. The molecule has 3 aromatic rings. The van der Waals surface area contributed by atoms with Gasteiger partial charge in [0.1, 0.15) is 5.02 Å². The van der Waals surface area contributed by atoms with E-state index in [1.165, 1.54) is 20.3 Å². The average molecular weight is 469 g/mol. The van der Waals surface area contributed by atoms with E-state index in [9.17, 15) is 18.0 Å². The Morgan fingerprint density at radius 3 is 2.44 bits per heavy atom. The third-order valence-corrected chi connectivity index (χ3v) is 5.73. The van der Waals surface area contributed by atoms with Gasteiger partial charge in [0, 0.05) is 18.7 Å². The SMILES string of the molecule is COc1ccc(-c2cc(C(F)(F)F)n3nc(CC(=O)N4CCCC4)c(Cl)c3n2)cc1OC. The first kappa shape index (κ1) is 22.2. The number of hydrogen-bond donors (Lipinski definition) is 0. The largest absolute Gasteiger partial charge is 0.493 e. The Balaban J connectivity index is 1.82. The Kier molecular flexibility index (Phi) is 5.89. The number of benzene rings is 1. The van der Waals surface area contributed by atoms with Crippen molar-refractivity contribution in [1.82, 2.24) is 19.5 Å². The van der Waals surface area contributed by atoms with Crippen LogP contribution in [0.15, 0.2) is 24.3 Å². The van der Waals surface area contributed by atoms with Gasteiger partial charge in [-0.15, -0.1) is 0 Å². The summed E-state index contributed by atoms with van der Waals surface area (Å²) in [7, 11) is 2.89. The van der Waals surface area contributed by atoms with Crippen LogP contribution in [0.1, 0.15) is 24.2 Å². The number of alkyl halides is 3. The zero-order valence-corrected chi connectivity index (χ0v) is 18.1. The predicted octanol–water partition coefficient (Wildman–Crippen LogP) is 4.25. The molecule has 7 nitrogen and oxygen atoms in total. The third kappa shape index (κ3) is 4.06. The van der Waals surface area contributed by atoms with Gasteiger partial charge in [-0.1, -0.05) is 11.6 Å². The number of ether oxygens (including phenoxy) is 2. The van der Waals surface area contributed by atoms with Crippen LogP contribution in [0.5, 0.6) is 11.5 Å². The molecule has 1 aliphatic rings. The molecule has 0 saturated carbocycles. The van der Waals surface area contributed by atoms with Crippen LogP contribution in [0.25, 0.3) is 16.9 Å². The van der Waals surface area contributed by atoms with Crippen molar-refractivity contribution in [3.63, 3.8) is 0 Å². The minimum Gasteiger partial charge on any atom is -0.493 e. The van der Waals surface area contributed by atoms with Crippen LogP contribution in [-0.2, 0) is 17.4 Å². The normalized spacial score (nSPS) is 14.2. The lowest BCUT2D eigenvalue weighted by Gasteiger charge is -2.14. The fourth-order valence-corrected chi connectivity index (χ4v) is 3.94. The predicted molar refractivity (Wildman–Crippen MR) is 111 cm³/mol. The Morgan fingerprint density at radius 2 is 1.81 bits per heavy atom. The number of carbonyl (C=O) groups excluding carboxylic acids is 1. The molecule has 1 saturated heterocycles. The summed E-state index contributed by atoms with van der Waals surface area (Å²) in [5.74, 6) is 0.552. The van der Waals surface area contributed by atoms with E-state index in [-0.39, 0.29) is 34.4 Å². The fourth-order valence-electron chi connectivity index (χ4n) is 3.72. The third-order valence-electron chi connectivity index (χ3n) is 5.35. The van der Waals surface area contributed by atoms with Gasteiger partial charge in [-0.25, -0.2) is 9.50 Å². The number of fused-ring (bicyclic) bond motifs is 1. The smallest absolute Gasteiger partial charge is 0.433 e. The molecular formula is C21H20ClF3N4O3. The number of nitrogens with zero attached hydrogens (tertiary/aromatic N) is 4. The van der Waals surface area contributed by atoms with Crippen molar-refractivity contribution in [1.29, 1.82) is 0 Å². The zero-order chi connectivity index (χ0) is 23.0. The van der Waals surface area contributed by atoms with Crippen LogP contribution in [0.2, 0.25) is 5.02 Å². The van der Waals surface area contributed by atoms with Gasteiger partial charge in [-0.05, 0) is 37.1 Å². The van der Waals surface area contributed by atoms with Crippen LogP contribution in [-0.4, -0.2) is 52.7 Å². The summed E-state index contributed by atoms with van der Waals surface area (Å²) < 4.78 is 52.7. The second-order valence-electron chi connectivity index (χ2n) is 7.35. The Bertz CT molecular complexity index is 1170. The van der Waals surface area contributed by atoms with Gasteiger partial charge in [0.05, 0.1) is 32.0 Å². The van der Waals surface area contributed by atoms with Crippen molar-refractivity contribution in [2.24, 2.45) is 0 Å². The molecular weight excluding hydrogens is 449 g/mol. The maximum atomic E-state index is 13.9. The summed E-state index contributed by atoms with van der Waals surface area (Å²) in [6.45, 7) is 1.25. The second-order valence-corrected chi connectivity index (χ2v) is 7.73. The molecule has 2 aromatic heterocycles. The number of amides is 1. The molecule has 32 heavy (non-hydrogen) atoms. The molecule has 1 amide bonds. The molecule has 1 fully saturated rings. The van der Waals surface area contributed by atoms with Crippen molar-refractivity contribution in [2.75, 3.05) is 27.3 Å². The van der Waals surface area contributed by atoms with Gasteiger partial charge in [0.15, 0.2) is 22.8 Å². The van der Waals surface area contributed by atoms with Crippen molar-refractivity contribution in [2.45, 2.75) is 25.4 Å². The van der Waals surface area contributed by atoms with Crippen molar-refractivity contribution in [3.8, 4) is 22.8 Å². The lowest BCUT2D eigenvalue weighted by Crippen LogP contribution is -2.29. The van der Waals surface area contributed by atoms with Gasteiger partial charge >= 0.3 is 6.18 Å². The molecule has 1 aliphatic heterocycles. The van der Waals surface area contributed by atoms with E-state index in [0.717, 1.165) is 18.9 Å². The molecule has 4 rings (SSSR count). The number of hydrogen-bond acceptors (Lipinski definition) is 5. The Morgan fingerprint density at radius 1 is 1.12 bits per heavy atom. The minimum atomic E-state index is -4.72. The van der Waals surface area contributed by atoms with Crippen LogP contribution >= 0.6 is 11.6 Å². The Labute approximate surface area is 186 Å². The van der Waals surface area contributed by atoms with Crippen molar-refractivity contribution in [3.05, 3.63) is 40.7 Å². The second kappa shape index (κ2) is 8.50. The molecule has 1 aromatic carbocycles. The highest BCUT2D eigenvalue weighted by Gasteiger charge is 2.36.